The summed E-state index contributed by atoms with van der Waals surface area (Å²) in [5.74, 6) is 2.16. The Bertz CT molecular complexity index is 344. The SMILES string of the molecule is CCC(N)Cc1ccc(SCC2CCCC2)nc1. The molecule has 0 aliphatic heterocycles. The molecular weight excluding hydrogens is 240 g/mol. The van der Waals surface area contributed by atoms with E-state index in [1.807, 2.05) is 18.0 Å². The first-order valence-electron chi connectivity index (χ1n) is 7.11. The lowest BCUT2D eigenvalue weighted by molar-refractivity contribution is 0.622. The summed E-state index contributed by atoms with van der Waals surface area (Å²) in [7, 11) is 0. The van der Waals surface area contributed by atoms with E-state index in [2.05, 4.69) is 24.0 Å². The lowest BCUT2D eigenvalue weighted by atomic mass is 10.1. The van der Waals surface area contributed by atoms with Gasteiger partial charge in [-0.05, 0) is 43.2 Å². The van der Waals surface area contributed by atoms with Gasteiger partial charge in [-0.15, -0.1) is 11.8 Å². The van der Waals surface area contributed by atoms with Gasteiger partial charge in [0.2, 0.25) is 0 Å². The van der Waals surface area contributed by atoms with Crippen LogP contribution in [0.4, 0.5) is 0 Å². The first kappa shape index (κ1) is 13.9. The van der Waals surface area contributed by atoms with Gasteiger partial charge in [-0.2, -0.15) is 0 Å². The van der Waals surface area contributed by atoms with E-state index in [-0.39, 0.29) is 6.04 Å². The number of nitrogens with zero attached hydrogens (tertiary/aromatic N) is 1. The maximum Gasteiger partial charge on any atom is 0.0960 e. The monoisotopic (exact) mass is 264 g/mol. The molecule has 1 aromatic rings. The number of aromatic nitrogens is 1. The summed E-state index contributed by atoms with van der Waals surface area (Å²) in [6.07, 6.45) is 9.63. The zero-order valence-electron chi connectivity index (χ0n) is 11.3. The Hall–Kier alpha value is -0.540. The highest BCUT2D eigenvalue weighted by molar-refractivity contribution is 7.99. The van der Waals surface area contributed by atoms with Crippen LogP contribution in [-0.2, 0) is 6.42 Å². The second-order valence-corrected chi connectivity index (χ2v) is 6.38. The van der Waals surface area contributed by atoms with Crippen LogP contribution < -0.4 is 5.73 Å². The molecule has 1 aliphatic rings. The Balaban J connectivity index is 1.79. The van der Waals surface area contributed by atoms with Crippen molar-refractivity contribution in [1.82, 2.24) is 4.98 Å². The molecular formula is C15H24N2S. The van der Waals surface area contributed by atoms with Crippen LogP contribution >= 0.6 is 11.8 Å². The molecule has 2 rings (SSSR count). The normalized spacial score (nSPS) is 18.1. The van der Waals surface area contributed by atoms with Crippen molar-refractivity contribution in [3.63, 3.8) is 0 Å². The van der Waals surface area contributed by atoms with E-state index in [0.717, 1.165) is 23.8 Å². The minimum absolute atomic E-state index is 0.267. The standard InChI is InChI=1S/C15H24N2S/c1-2-14(16)9-13-7-8-15(17-10-13)18-11-12-5-3-4-6-12/h7-8,10,12,14H,2-6,9,11,16H2,1H3. The molecule has 1 saturated carbocycles. The third kappa shape index (κ3) is 4.29. The molecule has 0 amide bonds. The molecule has 2 N–H and O–H groups in total. The first-order valence-corrected chi connectivity index (χ1v) is 8.09. The topological polar surface area (TPSA) is 38.9 Å². The third-order valence-corrected chi connectivity index (χ3v) is 4.94. The second-order valence-electron chi connectivity index (χ2n) is 5.34. The lowest BCUT2D eigenvalue weighted by Crippen LogP contribution is -2.21. The van der Waals surface area contributed by atoms with Gasteiger partial charge < -0.3 is 5.73 Å². The summed E-state index contributed by atoms with van der Waals surface area (Å²) in [5.41, 5.74) is 7.21. The minimum atomic E-state index is 0.267. The molecule has 0 bridgehead atoms. The van der Waals surface area contributed by atoms with Crippen molar-refractivity contribution in [1.29, 1.82) is 0 Å². The zero-order valence-corrected chi connectivity index (χ0v) is 12.1. The molecule has 0 radical (unpaired) electrons. The maximum absolute atomic E-state index is 5.95. The van der Waals surface area contributed by atoms with Crippen molar-refractivity contribution in [3.8, 4) is 0 Å². The van der Waals surface area contributed by atoms with Gasteiger partial charge in [0.05, 0.1) is 5.03 Å². The molecule has 1 unspecified atom stereocenters. The predicted molar refractivity (Wildman–Crippen MR) is 78.9 cm³/mol. The van der Waals surface area contributed by atoms with Gasteiger partial charge in [0.15, 0.2) is 0 Å². The number of nitrogens with two attached hydrogens (primary N) is 1. The van der Waals surface area contributed by atoms with Gasteiger partial charge in [-0.1, -0.05) is 25.8 Å². The molecule has 1 atom stereocenters. The van der Waals surface area contributed by atoms with Crippen molar-refractivity contribution in [2.24, 2.45) is 11.7 Å². The van der Waals surface area contributed by atoms with E-state index in [4.69, 9.17) is 5.73 Å². The van der Waals surface area contributed by atoms with Crippen molar-refractivity contribution in [2.75, 3.05) is 5.75 Å². The molecule has 0 spiro atoms. The van der Waals surface area contributed by atoms with Crippen LogP contribution in [0.2, 0.25) is 0 Å². The van der Waals surface area contributed by atoms with Crippen molar-refractivity contribution in [2.45, 2.75) is 56.5 Å². The summed E-state index contributed by atoms with van der Waals surface area (Å²) in [6.45, 7) is 2.13. The number of rotatable bonds is 6. The molecule has 3 heteroatoms. The third-order valence-electron chi connectivity index (χ3n) is 3.76. The average molecular weight is 264 g/mol. The molecule has 18 heavy (non-hydrogen) atoms. The van der Waals surface area contributed by atoms with E-state index in [0.29, 0.717) is 0 Å². The summed E-state index contributed by atoms with van der Waals surface area (Å²) in [4.78, 5) is 4.53. The van der Waals surface area contributed by atoms with Crippen LogP contribution in [0, 0.1) is 5.92 Å². The fourth-order valence-electron chi connectivity index (χ4n) is 2.44. The van der Waals surface area contributed by atoms with Crippen molar-refractivity contribution < 1.29 is 0 Å². The Labute approximate surface area is 115 Å². The average Bonchev–Trinajstić information content (AvgIpc) is 2.91. The molecule has 1 heterocycles. The van der Waals surface area contributed by atoms with Crippen LogP contribution in [0.5, 0.6) is 0 Å². The smallest absolute Gasteiger partial charge is 0.0960 e. The largest absolute Gasteiger partial charge is 0.327 e. The maximum atomic E-state index is 5.95. The molecule has 0 aromatic carbocycles. The number of thioether (sulfide) groups is 1. The quantitative estimate of drug-likeness (QED) is 0.797. The van der Waals surface area contributed by atoms with Gasteiger partial charge in [0, 0.05) is 18.0 Å². The highest BCUT2D eigenvalue weighted by Crippen LogP contribution is 2.30. The van der Waals surface area contributed by atoms with E-state index in [1.165, 1.54) is 37.0 Å². The summed E-state index contributed by atoms with van der Waals surface area (Å²) in [6, 6.07) is 4.60. The Kier molecular flexibility index (Phi) is 5.51. The number of pyridine rings is 1. The fourth-order valence-corrected chi connectivity index (χ4v) is 3.48. The van der Waals surface area contributed by atoms with Crippen LogP contribution in [0.3, 0.4) is 0 Å². The Morgan fingerprint density at radius 2 is 2.17 bits per heavy atom. The molecule has 100 valence electrons. The number of hydrogen-bond acceptors (Lipinski definition) is 3. The highest BCUT2D eigenvalue weighted by Gasteiger charge is 2.15. The van der Waals surface area contributed by atoms with Crippen LogP contribution in [0.1, 0.15) is 44.6 Å². The number of hydrogen-bond donors (Lipinski definition) is 1. The zero-order chi connectivity index (χ0) is 12.8. The summed E-state index contributed by atoms with van der Waals surface area (Å²) >= 11 is 1.91. The second kappa shape index (κ2) is 7.15. The molecule has 2 nitrogen and oxygen atoms in total. The van der Waals surface area contributed by atoms with E-state index < -0.39 is 0 Å². The predicted octanol–water partition coefficient (Wildman–Crippen LogP) is 3.64. The van der Waals surface area contributed by atoms with Crippen LogP contribution in [-0.4, -0.2) is 16.8 Å². The molecule has 1 aliphatic carbocycles. The van der Waals surface area contributed by atoms with Gasteiger partial charge in [0.25, 0.3) is 0 Å². The van der Waals surface area contributed by atoms with Crippen LogP contribution in [0.25, 0.3) is 0 Å². The van der Waals surface area contributed by atoms with E-state index >= 15 is 0 Å². The van der Waals surface area contributed by atoms with Gasteiger partial charge in [-0.25, -0.2) is 4.98 Å². The summed E-state index contributed by atoms with van der Waals surface area (Å²) in [5, 5.41) is 1.16. The van der Waals surface area contributed by atoms with Crippen molar-refractivity contribution >= 4 is 11.8 Å². The first-order chi connectivity index (χ1) is 8.78. The summed E-state index contributed by atoms with van der Waals surface area (Å²) < 4.78 is 0. The van der Waals surface area contributed by atoms with Crippen molar-refractivity contribution in [3.05, 3.63) is 23.9 Å². The lowest BCUT2D eigenvalue weighted by Gasteiger charge is -2.10. The van der Waals surface area contributed by atoms with Gasteiger partial charge in [-0.3, -0.25) is 0 Å². The fraction of sp³-hybridized carbons (Fsp3) is 0.667. The van der Waals surface area contributed by atoms with E-state index in [1.54, 1.807) is 0 Å². The molecule has 1 aromatic heterocycles. The Morgan fingerprint density at radius 3 is 2.78 bits per heavy atom. The highest BCUT2D eigenvalue weighted by atomic mass is 32.2. The van der Waals surface area contributed by atoms with Gasteiger partial charge >= 0.3 is 0 Å². The minimum Gasteiger partial charge on any atom is -0.327 e. The van der Waals surface area contributed by atoms with Gasteiger partial charge in [0.1, 0.15) is 0 Å². The molecule has 1 fully saturated rings. The van der Waals surface area contributed by atoms with E-state index in [9.17, 15) is 0 Å². The Morgan fingerprint density at radius 1 is 1.39 bits per heavy atom. The molecule has 0 saturated heterocycles. The van der Waals surface area contributed by atoms with Crippen LogP contribution in [0.15, 0.2) is 23.4 Å².